The van der Waals surface area contributed by atoms with Crippen molar-refractivity contribution in [1.29, 1.82) is 0 Å². The summed E-state index contributed by atoms with van der Waals surface area (Å²) in [5.74, 6) is 0.590. The number of nitro benzene ring substituents is 1. The average molecular weight is 304 g/mol. The van der Waals surface area contributed by atoms with E-state index < -0.39 is 0 Å². The lowest BCUT2D eigenvalue weighted by Crippen LogP contribution is -2.38. The minimum absolute atomic E-state index is 0.0123. The first-order chi connectivity index (χ1) is 10.7. The summed E-state index contributed by atoms with van der Waals surface area (Å²) in [6, 6.07) is 5.18. The van der Waals surface area contributed by atoms with E-state index in [2.05, 4.69) is 15.8 Å². The number of nitro groups is 1. The highest BCUT2D eigenvalue weighted by Gasteiger charge is 2.35. The lowest BCUT2D eigenvalue weighted by molar-refractivity contribution is -0.385. The van der Waals surface area contributed by atoms with Gasteiger partial charge in [0.15, 0.2) is 5.75 Å². The van der Waals surface area contributed by atoms with Crippen LogP contribution in [0.25, 0.3) is 0 Å². The molecule has 0 saturated carbocycles. The summed E-state index contributed by atoms with van der Waals surface area (Å²) in [5, 5.41) is 19.0. The Labute approximate surface area is 128 Å². The second kappa shape index (κ2) is 6.31. The lowest BCUT2D eigenvalue weighted by atomic mass is 9.87. The van der Waals surface area contributed by atoms with Gasteiger partial charge in [-0.1, -0.05) is 13.0 Å². The number of benzene rings is 1. The molecule has 3 rings (SSSR count). The first-order valence-electron chi connectivity index (χ1n) is 7.64. The van der Waals surface area contributed by atoms with Crippen molar-refractivity contribution in [2.75, 3.05) is 19.7 Å². The van der Waals surface area contributed by atoms with E-state index in [9.17, 15) is 10.1 Å². The van der Waals surface area contributed by atoms with Crippen LogP contribution in [0.4, 0.5) is 5.69 Å². The summed E-state index contributed by atoms with van der Waals surface area (Å²) in [6.45, 7) is 4.23. The summed E-state index contributed by atoms with van der Waals surface area (Å²) in [5.41, 5.74) is 5.18. The van der Waals surface area contributed by atoms with Gasteiger partial charge in [-0.05, 0) is 18.1 Å². The fourth-order valence-electron chi connectivity index (χ4n) is 2.98. The number of nitrogens with zero attached hydrogens (tertiary/aromatic N) is 2. The number of fused-ring (bicyclic) bond motifs is 1. The highest BCUT2D eigenvalue weighted by molar-refractivity contribution is 5.90. The molecule has 0 aromatic heterocycles. The normalized spacial score (nSPS) is 23.4. The van der Waals surface area contributed by atoms with Gasteiger partial charge in [0, 0.05) is 37.2 Å². The van der Waals surface area contributed by atoms with Crippen LogP contribution in [0, 0.1) is 16.0 Å². The highest BCUT2D eigenvalue weighted by Crippen LogP contribution is 2.35. The Morgan fingerprint density at radius 1 is 1.50 bits per heavy atom. The Balaban J connectivity index is 1.85. The van der Waals surface area contributed by atoms with Crippen molar-refractivity contribution in [3.8, 4) is 5.75 Å². The van der Waals surface area contributed by atoms with Crippen LogP contribution < -0.4 is 15.5 Å². The van der Waals surface area contributed by atoms with Crippen LogP contribution in [0.2, 0.25) is 0 Å². The maximum Gasteiger partial charge on any atom is 0.311 e. The Morgan fingerprint density at radius 3 is 3.14 bits per heavy atom. The molecule has 2 atom stereocenters. The van der Waals surface area contributed by atoms with Crippen molar-refractivity contribution in [2.24, 2.45) is 11.0 Å². The van der Waals surface area contributed by atoms with E-state index in [-0.39, 0.29) is 22.6 Å². The van der Waals surface area contributed by atoms with Crippen molar-refractivity contribution in [2.45, 2.75) is 25.8 Å². The molecule has 2 unspecified atom stereocenters. The second-order valence-corrected chi connectivity index (χ2v) is 5.60. The zero-order valence-corrected chi connectivity index (χ0v) is 12.5. The lowest BCUT2D eigenvalue weighted by Gasteiger charge is -2.25. The summed E-state index contributed by atoms with van der Waals surface area (Å²) >= 11 is 0. The van der Waals surface area contributed by atoms with Gasteiger partial charge in [-0.3, -0.25) is 10.1 Å². The molecule has 0 bridgehead atoms. The van der Waals surface area contributed by atoms with Crippen LogP contribution in [0.15, 0.2) is 23.3 Å². The monoisotopic (exact) mass is 304 g/mol. The van der Waals surface area contributed by atoms with E-state index >= 15 is 0 Å². The van der Waals surface area contributed by atoms with Crippen LogP contribution in [0.1, 0.15) is 31.4 Å². The van der Waals surface area contributed by atoms with Crippen molar-refractivity contribution in [3.63, 3.8) is 0 Å². The van der Waals surface area contributed by atoms with E-state index in [0.29, 0.717) is 12.4 Å². The summed E-state index contributed by atoms with van der Waals surface area (Å²) in [4.78, 5) is 10.9. The molecule has 7 heteroatoms. The fourth-order valence-corrected chi connectivity index (χ4v) is 2.98. The molecule has 2 aliphatic heterocycles. The summed E-state index contributed by atoms with van der Waals surface area (Å²) in [7, 11) is 0. The third kappa shape index (κ3) is 2.76. The molecule has 1 aromatic rings. The Bertz CT molecular complexity index is 602. The number of rotatable bonds is 5. The summed E-state index contributed by atoms with van der Waals surface area (Å²) in [6.07, 6.45) is 1.74. The smallest absolute Gasteiger partial charge is 0.311 e. The van der Waals surface area contributed by atoms with Crippen molar-refractivity contribution in [1.82, 2.24) is 10.7 Å². The third-order valence-corrected chi connectivity index (χ3v) is 4.10. The Kier molecular flexibility index (Phi) is 4.24. The molecule has 2 N–H and O–H groups in total. The van der Waals surface area contributed by atoms with Crippen LogP contribution in [-0.4, -0.2) is 30.3 Å². The van der Waals surface area contributed by atoms with Crippen molar-refractivity contribution >= 4 is 11.4 Å². The summed E-state index contributed by atoms with van der Waals surface area (Å²) < 4.78 is 5.47. The highest BCUT2D eigenvalue weighted by atomic mass is 16.6. The van der Waals surface area contributed by atoms with Gasteiger partial charge in [0.25, 0.3) is 0 Å². The predicted octanol–water partition coefficient (Wildman–Crippen LogP) is 1.99. The molecule has 0 radical (unpaired) electrons. The van der Waals surface area contributed by atoms with Gasteiger partial charge >= 0.3 is 5.69 Å². The standard InChI is InChI=1S/C15H20N4O3/c1-2-7-22-14-4-3-10(8-13(14)19(20)21)15-11-9-16-6-5-12(11)17-18-15/h3-4,8,11,15-16,18H,2,5-7,9H2,1H3. The second-order valence-electron chi connectivity index (χ2n) is 5.60. The number of ether oxygens (including phenoxy) is 1. The molecule has 0 aliphatic carbocycles. The van der Waals surface area contributed by atoms with Gasteiger partial charge in [-0.25, -0.2) is 0 Å². The van der Waals surface area contributed by atoms with E-state index in [1.165, 1.54) is 0 Å². The number of hydrazone groups is 1. The molecule has 7 nitrogen and oxygen atoms in total. The Morgan fingerprint density at radius 2 is 2.36 bits per heavy atom. The quantitative estimate of drug-likeness (QED) is 0.641. The minimum Gasteiger partial charge on any atom is -0.487 e. The van der Waals surface area contributed by atoms with Gasteiger partial charge in [0.05, 0.1) is 17.6 Å². The molecule has 0 spiro atoms. The SMILES string of the molecule is CCCOc1ccc(C2NN=C3CCNCC32)cc1[N+](=O)[O-]. The third-order valence-electron chi connectivity index (χ3n) is 4.10. The molecule has 22 heavy (non-hydrogen) atoms. The number of piperidine rings is 1. The van der Waals surface area contributed by atoms with E-state index in [4.69, 9.17) is 4.74 Å². The Hall–Kier alpha value is -2.15. The van der Waals surface area contributed by atoms with Gasteiger partial charge < -0.3 is 15.5 Å². The molecule has 0 amide bonds. The maximum atomic E-state index is 11.3. The number of nitrogens with one attached hydrogen (secondary N) is 2. The van der Waals surface area contributed by atoms with E-state index in [0.717, 1.165) is 37.2 Å². The first-order valence-corrected chi connectivity index (χ1v) is 7.64. The maximum absolute atomic E-state index is 11.3. The number of hydrogen-bond acceptors (Lipinski definition) is 6. The molecule has 118 valence electrons. The number of hydrogen-bond donors (Lipinski definition) is 2. The zero-order chi connectivity index (χ0) is 15.5. The largest absolute Gasteiger partial charge is 0.487 e. The van der Waals surface area contributed by atoms with Crippen LogP contribution in [-0.2, 0) is 0 Å². The van der Waals surface area contributed by atoms with E-state index in [1.807, 2.05) is 13.0 Å². The van der Waals surface area contributed by atoms with Crippen LogP contribution >= 0.6 is 0 Å². The molecule has 1 aromatic carbocycles. The van der Waals surface area contributed by atoms with Crippen molar-refractivity contribution in [3.05, 3.63) is 33.9 Å². The average Bonchev–Trinajstić information content (AvgIpc) is 2.96. The zero-order valence-electron chi connectivity index (χ0n) is 12.5. The fraction of sp³-hybridized carbons (Fsp3) is 0.533. The molecule has 2 heterocycles. The molecular formula is C15H20N4O3. The molecule has 2 aliphatic rings. The molecule has 1 fully saturated rings. The van der Waals surface area contributed by atoms with Gasteiger partial charge in [-0.15, -0.1) is 0 Å². The minimum atomic E-state index is -0.385. The molecular weight excluding hydrogens is 284 g/mol. The molecule has 1 saturated heterocycles. The van der Waals surface area contributed by atoms with Gasteiger partial charge in [0.2, 0.25) is 0 Å². The van der Waals surface area contributed by atoms with Gasteiger partial charge in [0.1, 0.15) is 0 Å². The van der Waals surface area contributed by atoms with Crippen LogP contribution in [0.3, 0.4) is 0 Å². The first kappa shape index (κ1) is 14.8. The van der Waals surface area contributed by atoms with Crippen LogP contribution in [0.5, 0.6) is 5.75 Å². The van der Waals surface area contributed by atoms with E-state index in [1.54, 1.807) is 12.1 Å². The van der Waals surface area contributed by atoms with Gasteiger partial charge in [-0.2, -0.15) is 5.10 Å². The van der Waals surface area contributed by atoms with Crippen molar-refractivity contribution < 1.29 is 9.66 Å². The predicted molar refractivity (Wildman–Crippen MR) is 83.2 cm³/mol. The topological polar surface area (TPSA) is 88.8 Å².